The molecule has 0 amide bonds. The van der Waals surface area contributed by atoms with Crippen molar-refractivity contribution < 1.29 is 8.42 Å². The number of aryl methyl sites for hydroxylation is 3. The van der Waals surface area contributed by atoms with Crippen LogP contribution in [-0.4, -0.2) is 19.7 Å². The third kappa shape index (κ3) is 3.61. The Hall–Kier alpha value is -1.88. The summed E-state index contributed by atoms with van der Waals surface area (Å²) in [6, 6.07) is 7.45. The van der Waals surface area contributed by atoms with Gasteiger partial charge >= 0.3 is 0 Å². The van der Waals surface area contributed by atoms with Gasteiger partial charge in [-0.3, -0.25) is 0 Å². The van der Waals surface area contributed by atoms with E-state index >= 15 is 0 Å². The fourth-order valence-corrected chi connectivity index (χ4v) is 3.29. The predicted octanol–water partition coefficient (Wildman–Crippen LogP) is 3.02. The number of nitrogens with zero attached hydrogens (tertiary/aromatic N) is 1. The van der Waals surface area contributed by atoms with Crippen molar-refractivity contribution in [3.05, 3.63) is 52.7 Å². The summed E-state index contributed by atoms with van der Waals surface area (Å²) in [7, 11) is -3.29. The van der Waals surface area contributed by atoms with Gasteiger partial charge in [-0.15, -0.1) is 0 Å². The average molecular weight is 304 g/mol. The van der Waals surface area contributed by atoms with Gasteiger partial charge in [0.2, 0.25) is 0 Å². The van der Waals surface area contributed by atoms with E-state index in [-0.39, 0.29) is 4.90 Å². The number of pyridine rings is 1. The third-order valence-corrected chi connectivity index (χ3v) is 4.57. The van der Waals surface area contributed by atoms with E-state index in [1.54, 1.807) is 18.3 Å². The van der Waals surface area contributed by atoms with Gasteiger partial charge in [-0.05, 0) is 49.6 Å². The molecule has 1 aromatic heterocycles. The van der Waals surface area contributed by atoms with Crippen LogP contribution in [-0.2, 0) is 16.4 Å². The molecule has 112 valence electrons. The summed E-state index contributed by atoms with van der Waals surface area (Å²) in [6.07, 6.45) is 2.78. The van der Waals surface area contributed by atoms with Crippen LogP contribution in [0.2, 0.25) is 0 Å². The highest BCUT2D eigenvalue weighted by Gasteiger charge is 2.14. The lowest BCUT2D eigenvalue weighted by molar-refractivity contribution is 0.601. The van der Waals surface area contributed by atoms with Gasteiger partial charge in [-0.25, -0.2) is 13.4 Å². The molecule has 0 radical (unpaired) electrons. The highest BCUT2D eigenvalue weighted by molar-refractivity contribution is 7.90. The Morgan fingerprint density at radius 3 is 2.33 bits per heavy atom. The Bertz CT molecular complexity index is 745. The van der Waals surface area contributed by atoms with Gasteiger partial charge in [-0.1, -0.05) is 17.7 Å². The van der Waals surface area contributed by atoms with Gasteiger partial charge in [0.15, 0.2) is 9.84 Å². The molecule has 0 aliphatic carbocycles. The van der Waals surface area contributed by atoms with Crippen molar-refractivity contribution in [2.45, 2.75) is 32.2 Å². The standard InChI is InChI=1S/C16H20N2O2S/c1-11-8-12(2)14(13(3)9-11)10-18-16-15(21(4,19)20)6-5-7-17-16/h5-9H,10H2,1-4H3,(H,17,18). The first-order valence-corrected chi connectivity index (χ1v) is 8.64. The quantitative estimate of drug-likeness (QED) is 0.943. The summed E-state index contributed by atoms with van der Waals surface area (Å²) in [4.78, 5) is 4.38. The van der Waals surface area contributed by atoms with E-state index in [0.717, 1.165) is 0 Å². The lowest BCUT2D eigenvalue weighted by atomic mass is 10.00. The zero-order valence-corrected chi connectivity index (χ0v) is 13.6. The Morgan fingerprint density at radius 1 is 1.14 bits per heavy atom. The van der Waals surface area contributed by atoms with Crippen LogP contribution >= 0.6 is 0 Å². The molecule has 0 saturated carbocycles. The fourth-order valence-electron chi connectivity index (χ4n) is 2.48. The van der Waals surface area contributed by atoms with Crippen molar-refractivity contribution in [2.75, 3.05) is 11.6 Å². The maximum Gasteiger partial charge on any atom is 0.179 e. The minimum Gasteiger partial charge on any atom is -0.365 e. The third-order valence-electron chi connectivity index (χ3n) is 3.44. The van der Waals surface area contributed by atoms with Gasteiger partial charge in [-0.2, -0.15) is 0 Å². The second-order valence-corrected chi connectivity index (χ2v) is 7.34. The van der Waals surface area contributed by atoms with E-state index in [2.05, 4.69) is 43.2 Å². The largest absolute Gasteiger partial charge is 0.365 e. The molecule has 5 heteroatoms. The van der Waals surface area contributed by atoms with Crippen LogP contribution in [0.3, 0.4) is 0 Å². The highest BCUT2D eigenvalue weighted by atomic mass is 32.2. The number of hydrogen-bond acceptors (Lipinski definition) is 4. The first-order chi connectivity index (χ1) is 9.79. The number of benzene rings is 1. The van der Waals surface area contributed by atoms with Crippen LogP contribution in [0.1, 0.15) is 22.3 Å². The molecule has 0 atom stereocenters. The van der Waals surface area contributed by atoms with E-state index in [9.17, 15) is 8.42 Å². The molecule has 2 rings (SSSR count). The SMILES string of the molecule is Cc1cc(C)c(CNc2ncccc2S(C)(=O)=O)c(C)c1. The van der Waals surface area contributed by atoms with E-state index < -0.39 is 9.84 Å². The molecular formula is C16H20N2O2S. The van der Waals surface area contributed by atoms with Crippen molar-refractivity contribution in [1.82, 2.24) is 4.98 Å². The van der Waals surface area contributed by atoms with E-state index in [1.807, 2.05) is 0 Å². The lowest BCUT2D eigenvalue weighted by Gasteiger charge is -2.14. The van der Waals surface area contributed by atoms with Crippen LogP contribution in [0.25, 0.3) is 0 Å². The monoisotopic (exact) mass is 304 g/mol. The van der Waals surface area contributed by atoms with Crippen LogP contribution < -0.4 is 5.32 Å². The topological polar surface area (TPSA) is 59.1 Å². The molecule has 0 fully saturated rings. The molecule has 21 heavy (non-hydrogen) atoms. The minimum atomic E-state index is -3.29. The lowest BCUT2D eigenvalue weighted by Crippen LogP contribution is -2.09. The molecule has 1 N–H and O–H groups in total. The van der Waals surface area contributed by atoms with E-state index in [1.165, 1.54) is 28.5 Å². The second kappa shape index (κ2) is 5.85. The van der Waals surface area contributed by atoms with Gasteiger partial charge in [0.25, 0.3) is 0 Å². The van der Waals surface area contributed by atoms with Crippen molar-refractivity contribution in [1.29, 1.82) is 0 Å². The van der Waals surface area contributed by atoms with Gasteiger partial charge < -0.3 is 5.32 Å². The highest BCUT2D eigenvalue weighted by Crippen LogP contribution is 2.21. The van der Waals surface area contributed by atoms with Crippen molar-refractivity contribution >= 4 is 15.7 Å². The number of sulfone groups is 1. The summed E-state index contributed by atoms with van der Waals surface area (Å²) in [5, 5.41) is 3.15. The first-order valence-electron chi connectivity index (χ1n) is 6.74. The Balaban J connectivity index is 2.30. The molecule has 1 aromatic carbocycles. The van der Waals surface area contributed by atoms with Crippen molar-refractivity contribution in [2.24, 2.45) is 0 Å². The summed E-state index contributed by atoms with van der Waals surface area (Å²) >= 11 is 0. The van der Waals surface area contributed by atoms with Crippen LogP contribution in [0.15, 0.2) is 35.4 Å². The molecule has 0 spiro atoms. The number of hydrogen-bond donors (Lipinski definition) is 1. The molecule has 0 aliphatic heterocycles. The zero-order valence-electron chi connectivity index (χ0n) is 12.8. The van der Waals surface area contributed by atoms with E-state index in [4.69, 9.17) is 0 Å². The number of aromatic nitrogens is 1. The summed E-state index contributed by atoms with van der Waals surface area (Å²) in [6.45, 7) is 6.75. The van der Waals surface area contributed by atoms with Crippen LogP contribution in [0.5, 0.6) is 0 Å². The van der Waals surface area contributed by atoms with Crippen molar-refractivity contribution in [3.8, 4) is 0 Å². The molecule has 2 aromatic rings. The fraction of sp³-hybridized carbons (Fsp3) is 0.312. The van der Waals surface area contributed by atoms with Gasteiger partial charge in [0, 0.05) is 19.0 Å². The smallest absolute Gasteiger partial charge is 0.179 e. The van der Waals surface area contributed by atoms with Crippen molar-refractivity contribution in [3.63, 3.8) is 0 Å². The molecule has 0 aliphatic rings. The molecule has 1 heterocycles. The average Bonchev–Trinajstić information content (AvgIpc) is 2.36. The van der Waals surface area contributed by atoms with Gasteiger partial charge in [0.05, 0.1) is 0 Å². The predicted molar refractivity (Wildman–Crippen MR) is 85.3 cm³/mol. The van der Waals surface area contributed by atoms with Crippen LogP contribution in [0, 0.1) is 20.8 Å². The summed E-state index contributed by atoms with van der Waals surface area (Å²) in [5.74, 6) is 0.402. The zero-order chi connectivity index (χ0) is 15.6. The normalized spacial score (nSPS) is 11.4. The first kappa shape index (κ1) is 15.5. The number of anilines is 1. The molecule has 4 nitrogen and oxygen atoms in total. The Kier molecular flexibility index (Phi) is 4.32. The number of nitrogens with one attached hydrogen (secondary N) is 1. The Morgan fingerprint density at radius 2 is 1.76 bits per heavy atom. The van der Waals surface area contributed by atoms with Crippen LogP contribution in [0.4, 0.5) is 5.82 Å². The second-order valence-electron chi connectivity index (χ2n) is 5.35. The Labute approximate surface area is 126 Å². The minimum absolute atomic E-state index is 0.229. The molecule has 0 unspecified atom stereocenters. The maximum absolute atomic E-state index is 11.8. The summed E-state index contributed by atoms with van der Waals surface area (Å²) < 4.78 is 23.5. The molecule has 0 saturated heterocycles. The van der Waals surface area contributed by atoms with Gasteiger partial charge in [0.1, 0.15) is 10.7 Å². The number of rotatable bonds is 4. The van der Waals surface area contributed by atoms with E-state index in [0.29, 0.717) is 12.4 Å². The molecule has 0 bridgehead atoms. The summed E-state index contributed by atoms with van der Waals surface area (Å²) in [5.41, 5.74) is 4.78. The molecular weight excluding hydrogens is 284 g/mol. The maximum atomic E-state index is 11.8.